The maximum absolute atomic E-state index is 12.8. The maximum atomic E-state index is 12.8. The minimum Gasteiger partial charge on any atom is -0.493 e. The Kier molecular flexibility index (Phi) is 6.66. The van der Waals surface area contributed by atoms with Crippen LogP contribution in [0, 0.1) is 0 Å². The van der Waals surface area contributed by atoms with Crippen LogP contribution in [-0.4, -0.2) is 37.3 Å². The van der Waals surface area contributed by atoms with Crippen LogP contribution >= 0.6 is 11.3 Å². The highest BCUT2D eigenvalue weighted by Crippen LogP contribution is 2.27. The van der Waals surface area contributed by atoms with Gasteiger partial charge in [0.2, 0.25) is 0 Å². The van der Waals surface area contributed by atoms with Gasteiger partial charge in [0.1, 0.15) is 0 Å². The van der Waals surface area contributed by atoms with E-state index in [1.54, 1.807) is 25.1 Å². The number of carbonyl (C=O) groups is 2. The molecule has 0 bridgehead atoms. The Morgan fingerprint density at radius 3 is 2.55 bits per heavy atom. The molecule has 0 radical (unpaired) electrons. The average Bonchev–Trinajstić information content (AvgIpc) is 3.08. The molecule has 0 unspecified atom stereocenters. The molecule has 0 aliphatic rings. The third-order valence-electron chi connectivity index (χ3n) is 4.26. The Labute approximate surface area is 172 Å². The molecule has 1 aromatic heterocycles. The van der Waals surface area contributed by atoms with Crippen LogP contribution in [0.15, 0.2) is 47.5 Å². The number of benzene rings is 2. The largest absolute Gasteiger partial charge is 0.493 e. The number of para-hydroxylation sites is 1. The number of rotatable bonds is 7. The molecular formula is C21H22N2O5S. The van der Waals surface area contributed by atoms with Gasteiger partial charge in [0.15, 0.2) is 16.3 Å². The second kappa shape index (κ2) is 9.38. The van der Waals surface area contributed by atoms with E-state index in [4.69, 9.17) is 14.2 Å². The second-order valence-corrected chi connectivity index (χ2v) is 7.05. The molecule has 1 amide bonds. The summed E-state index contributed by atoms with van der Waals surface area (Å²) in [7, 11) is 3.05. The van der Waals surface area contributed by atoms with Gasteiger partial charge in [0.05, 0.1) is 37.5 Å². The molecule has 152 valence electrons. The van der Waals surface area contributed by atoms with E-state index < -0.39 is 5.91 Å². The van der Waals surface area contributed by atoms with Gasteiger partial charge in [-0.2, -0.15) is 4.99 Å². The molecule has 0 aliphatic carbocycles. The molecule has 1 heterocycles. The summed E-state index contributed by atoms with van der Waals surface area (Å²) in [6.07, 6.45) is 0.201. The van der Waals surface area contributed by atoms with E-state index in [1.807, 2.05) is 28.8 Å². The molecule has 8 heteroatoms. The number of fused-ring (bicyclic) bond motifs is 1. The van der Waals surface area contributed by atoms with Crippen molar-refractivity contribution in [1.82, 2.24) is 4.57 Å². The quantitative estimate of drug-likeness (QED) is 0.554. The Morgan fingerprint density at radius 1 is 1.07 bits per heavy atom. The van der Waals surface area contributed by atoms with Crippen molar-refractivity contribution in [3.8, 4) is 11.5 Å². The van der Waals surface area contributed by atoms with Crippen LogP contribution in [0.25, 0.3) is 10.2 Å². The average molecular weight is 414 g/mol. The number of thiazole rings is 1. The molecule has 7 nitrogen and oxygen atoms in total. The molecule has 3 rings (SSSR count). The van der Waals surface area contributed by atoms with Crippen LogP contribution in [0.1, 0.15) is 23.7 Å². The molecular weight excluding hydrogens is 392 g/mol. The molecule has 2 aromatic carbocycles. The first-order chi connectivity index (χ1) is 14.1. The summed E-state index contributed by atoms with van der Waals surface area (Å²) in [5.41, 5.74) is 1.30. The normalized spacial score (nSPS) is 11.5. The standard InChI is InChI=1S/C21H22N2O5S/c1-4-28-19(24)11-12-23-15-7-5-6-8-18(15)29-21(23)22-20(25)14-9-10-16(26-2)17(13-14)27-3/h5-10,13H,4,11-12H2,1-3H3. The number of aromatic nitrogens is 1. The summed E-state index contributed by atoms with van der Waals surface area (Å²) in [5, 5.41) is 0. The summed E-state index contributed by atoms with van der Waals surface area (Å²) < 4.78 is 18.3. The zero-order chi connectivity index (χ0) is 20.8. The smallest absolute Gasteiger partial charge is 0.307 e. The minimum absolute atomic E-state index is 0.201. The lowest BCUT2D eigenvalue weighted by Gasteiger charge is -2.08. The summed E-state index contributed by atoms with van der Waals surface area (Å²) in [6.45, 7) is 2.48. The van der Waals surface area contributed by atoms with E-state index in [0.29, 0.717) is 35.0 Å². The summed E-state index contributed by atoms with van der Waals surface area (Å²) in [5.74, 6) is 0.310. The highest BCUT2D eigenvalue weighted by Gasteiger charge is 2.13. The number of methoxy groups -OCH3 is 2. The molecule has 29 heavy (non-hydrogen) atoms. The lowest BCUT2D eigenvalue weighted by molar-refractivity contribution is -0.143. The van der Waals surface area contributed by atoms with E-state index in [9.17, 15) is 9.59 Å². The van der Waals surface area contributed by atoms with Gasteiger partial charge in [-0.15, -0.1) is 0 Å². The molecule has 3 aromatic rings. The third-order valence-corrected chi connectivity index (χ3v) is 5.32. The van der Waals surface area contributed by atoms with E-state index in [0.717, 1.165) is 10.2 Å². The van der Waals surface area contributed by atoms with Gasteiger partial charge in [0, 0.05) is 12.1 Å². The van der Waals surface area contributed by atoms with Crippen LogP contribution in [0.5, 0.6) is 11.5 Å². The molecule has 0 spiro atoms. The first-order valence-electron chi connectivity index (χ1n) is 9.12. The number of hydrogen-bond donors (Lipinski definition) is 0. The monoisotopic (exact) mass is 414 g/mol. The third kappa shape index (κ3) is 4.65. The van der Waals surface area contributed by atoms with Crippen LogP contribution in [-0.2, 0) is 16.1 Å². The fourth-order valence-corrected chi connectivity index (χ4v) is 3.93. The van der Waals surface area contributed by atoms with Gasteiger partial charge in [-0.1, -0.05) is 23.5 Å². The van der Waals surface area contributed by atoms with Crippen LogP contribution in [0.4, 0.5) is 0 Å². The summed E-state index contributed by atoms with van der Waals surface area (Å²) >= 11 is 1.40. The molecule has 0 saturated heterocycles. The van der Waals surface area contributed by atoms with E-state index >= 15 is 0 Å². The lowest BCUT2D eigenvalue weighted by Crippen LogP contribution is -2.19. The van der Waals surface area contributed by atoms with Crippen molar-refractivity contribution in [1.29, 1.82) is 0 Å². The Morgan fingerprint density at radius 2 is 1.83 bits per heavy atom. The van der Waals surface area contributed by atoms with E-state index in [1.165, 1.54) is 25.6 Å². The van der Waals surface area contributed by atoms with Crippen molar-refractivity contribution in [3.05, 3.63) is 52.8 Å². The van der Waals surface area contributed by atoms with Crippen LogP contribution in [0.2, 0.25) is 0 Å². The SMILES string of the molecule is CCOC(=O)CCn1c(=NC(=O)c2ccc(OC)c(OC)c2)sc2ccccc21. The van der Waals surface area contributed by atoms with Crippen molar-refractivity contribution >= 4 is 33.4 Å². The van der Waals surface area contributed by atoms with Crippen molar-refractivity contribution in [2.45, 2.75) is 19.9 Å². The fraction of sp³-hybridized carbons (Fsp3) is 0.286. The van der Waals surface area contributed by atoms with Crippen LogP contribution in [0.3, 0.4) is 0 Å². The number of esters is 1. The zero-order valence-electron chi connectivity index (χ0n) is 16.5. The lowest BCUT2D eigenvalue weighted by atomic mass is 10.2. The number of hydrogen-bond acceptors (Lipinski definition) is 6. The Hall–Kier alpha value is -3.13. The van der Waals surface area contributed by atoms with Gasteiger partial charge in [-0.25, -0.2) is 0 Å². The van der Waals surface area contributed by atoms with Crippen molar-refractivity contribution in [2.24, 2.45) is 4.99 Å². The van der Waals surface area contributed by atoms with Gasteiger partial charge in [-0.05, 0) is 37.3 Å². The predicted octanol–water partition coefficient (Wildman–Crippen LogP) is 3.41. The second-order valence-electron chi connectivity index (χ2n) is 6.05. The topological polar surface area (TPSA) is 79.1 Å². The van der Waals surface area contributed by atoms with E-state index in [-0.39, 0.29) is 12.4 Å². The van der Waals surface area contributed by atoms with Crippen molar-refractivity contribution in [3.63, 3.8) is 0 Å². The number of ether oxygens (including phenoxy) is 3. The van der Waals surface area contributed by atoms with Gasteiger partial charge in [-0.3, -0.25) is 9.59 Å². The molecule has 0 saturated carbocycles. The maximum Gasteiger partial charge on any atom is 0.307 e. The van der Waals surface area contributed by atoms with E-state index in [2.05, 4.69) is 4.99 Å². The summed E-state index contributed by atoms with van der Waals surface area (Å²) in [4.78, 5) is 29.4. The summed E-state index contributed by atoms with van der Waals surface area (Å²) in [6, 6.07) is 12.6. The molecule has 0 aliphatic heterocycles. The number of aryl methyl sites for hydroxylation is 1. The van der Waals surface area contributed by atoms with Crippen LogP contribution < -0.4 is 14.3 Å². The van der Waals surface area contributed by atoms with Gasteiger partial charge in [0.25, 0.3) is 5.91 Å². The Balaban J connectivity index is 1.99. The highest BCUT2D eigenvalue weighted by molar-refractivity contribution is 7.16. The highest BCUT2D eigenvalue weighted by atomic mass is 32.1. The number of carbonyl (C=O) groups excluding carboxylic acids is 2. The molecule has 0 atom stereocenters. The van der Waals surface area contributed by atoms with Crippen molar-refractivity contribution in [2.75, 3.05) is 20.8 Å². The first-order valence-corrected chi connectivity index (χ1v) is 9.94. The molecule has 0 N–H and O–H groups in total. The first kappa shape index (κ1) is 20.6. The number of nitrogens with zero attached hydrogens (tertiary/aromatic N) is 2. The van der Waals surface area contributed by atoms with Crippen molar-refractivity contribution < 1.29 is 23.8 Å². The Bertz CT molecular complexity index is 1100. The zero-order valence-corrected chi connectivity index (χ0v) is 17.3. The molecule has 0 fully saturated rings. The number of amides is 1. The fourth-order valence-electron chi connectivity index (χ4n) is 2.88. The minimum atomic E-state index is -0.401. The predicted molar refractivity (Wildman–Crippen MR) is 111 cm³/mol. The van der Waals surface area contributed by atoms with Gasteiger partial charge < -0.3 is 18.8 Å². The van der Waals surface area contributed by atoms with Gasteiger partial charge >= 0.3 is 5.97 Å².